The molecule has 0 saturated carbocycles. The van der Waals surface area contributed by atoms with Crippen molar-refractivity contribution in [3.63, 3.8) is 0 Å². The van der Waals surface area contributed by atoms with Gasteiger partial charge in [-0.05, 0) is 19.8 Å². The Morgan fingerprint density at radius 3 is 2.50 bits per heavy atom. The van der Waals surface area contributed by atoms with E-state index in [2.05, 4.69) is 10.1 Å². The van der Waals surface area contributed by atoms with Crippen LogP contribution in [0.5, 0.6) is 0 Å². The summed E-state index contributed by atoms with van der Waals surface area (Å²) in [6, 6.07) is -0.0947. The molecular formula is C12H24N2O4. The Hall–Kier alpha value is -1.30. The summed E-state index contributed by atoms with van der Waals surface area (Å²) in [7, 11) is 4.71. The smallest absolute Gasteiger partial charge is 0.317 e. The van der Waals surface area contributed by atoms with Gasteiger partial charge in [0.25, 0.3) is 0 Å². The molecule has 2 amide bonds. The monoisotopic (exact) mass is 260 g/mol. The van der Waals surface area contributed by atoms with Crippen LogP contribution in [0.2, 0.25) is 0 Å². The van der Waals surface area contributed by atoms with Gasteiger partial charge in [-0.25, -0.2) is 4.79 Å². The molecule has 0 spiro atoms. The third-order valence-corrected chi connectivity index (χ3v) is 2.70. The largest absolute Gasteiger partial charge is 0.469 e. The number of methoxy groups -OCH3 is 2. The van der Waals surface area contributed by atoms with Gasteiger partial charge < -0.3 is 19.7 Å². The molecule has 1 atom stereocenters. The van der Waals surface area contributed by atoms with Crippen LogP contribution >= 0.6 is 0 Å². The van der Waals surface area contributed by atoms with Crippen molar-refractivity contribution in [2.75, 3.05) is 34.4 Å². The van der Waals surface area contributed by atoms with Crippen molar-refractivity contribution in [1.82, 2.24) is 10.2 Å². The van der Waals surface area contributed by atoms with E-state index in [1.54, 1.807) is 19.1 Å². The molecule has 0 bridgehead atoms. The van der Waals surface area contributed by atoms with Gasteiger partial charge in [0.15, 0.2) is 0 Å². The molecule has 6 nitrogen and oxygen atoms in total. The van der Waals surface area contributed by atoms with Gasteiger partial charge in [0, 0.05) is 27.1 Å². The Kier molecular flexibility index (Phi) is 9.00. The van der Waals surface area contributed by atoms with E-state index in [0.717, 1.165) is 6.42 Å². The van der Waals surface area contributed by atoms with E-state index in [-0.39, 0.29) is 18.0 Å². The van der Waals surface area contributed by atoms with E-state index < -0.39 is 0 Å². The first-order chi connectivity index (χ1) is 8.52. The fourth-order valence-corrected chi connectivity index (χ4v) is 1.37. The Morgan fingerprint density at radius 1 is 1.28 bits per heavy atom. The normalized spacial score (nSPS) is 11.8. The summed E-state index contributed by atoms with van der Waals surface area (Å²) >= 11 is 0. The predicted molar refractivity (Wildman–Crippen MR) is 68.4 cm³/mol. The fourth-order valence-electron chi connectivity index (χ4n) is 1.37. The van der Waals surface area contributed by atoms with E-state index in [1.165, 1.54) is 7.11 Å². The molecule has 6 heteroatoms. The van der Waals surface area contributed by atoms with Crippen molar-refractivity contribution in [2.45, 2.75) is 32.2 Å². The van der Waals surface area contributed by atoms with Crippen LogP contribution in [0.3, 0.4) is 0 Å². The van der Waals surface area contributed by atoms with E-state index in [9.17, 15) is 9.59 Å². The second-order valence-corrected chi connectivity index (χ2v) is 4.18. The average Bonchev–Trinajstić information content (AvgIpc) is 2.37. The molecule has 0 aromatic heterocycles. The molecule has 0 heterocycles. The molecule has 0 fully saturated rings. The molecule has 0 aromatic rings. The molecule has 0 aliphatic carbocycles. The maximum Gasteiger partial charge on any atom is 0.317 e. The highest BCUT2D eigenvalue weighted by Gasteiger charge is 2.14. The molecule has 1 N–H and O–H groups in total. The molecule has 18 heavy (non-hydrogen) atoms. The maximum absolute atomic E-state index is 11.7. The summed E-state index contributed by atoms with van der Waals surface area (Å²) in [6.07, 6.45) is 1.86. The highest BCUT2D eigenvalue weighted by Crippen LogP contribution is 1.98. The molecule has 0 aromatic carbocycles. The summed E-state index contributed by atoms with van der Waals surface area (Å²) in [5.74, 6) is -0.216. The quantitative estimate of drug-likeness (QED) is 0.522. The van der Waals surface area contributed by atoms with Gasteiger partial charge in [0.05, 0.1) is 19.8 Å². The van der Waals surface area contributed by atoms with Gasteiger partial charge in [-0.3, -0.25) is 4.79 Å². The Morgan fingerprint density at radius 2 is 1.94 bits per heavy atom. The van der Waals surface area contributed by atoms with E-state index in [1.807, 2.05) is 6.92 Å². The topological polar surface area (TPSA) is 67.9 Å². The lowest BCUT2D eigenvalue weighted by Gasteiger charge is -2.24. The van der Waals surface area contributed by atoms with Crippen molar-refractivity contribution in [3.8, 4) is 0 Å². The number of ether oxygens (including phenoxy) is 2. The zero-order chi connectivity index (χ0) is 14.0. The van der Waals surface area contributed by atoms with Crippen LogP contribution in [-0.4, -0.2) is 57.4 Å². The first-order valence-corrected chi connectivity index (χ1v) is 6.09. The highest BCUT2D eigenvalue weighted by molar-refractivity contribution is 5.74. The molecular weight excluding hydrogens is 236 g/mol. The SMILES string of the molecule is COCC(C)N(C)C(=O)NCCCCC(=O)OC. The van der Waals surface area contributed by atoms with Gasteiger partial charge in [-0.1, -0.05) is 0 Å². The van der Waals surface area contributed by atoms with Crippen molar-refractivity contribution >= 4 is 12.0 Å². The van der Waals surface area contributed by atoms with E-state index >= 15 is 0 Å². The van der Waals surface area contributed by atoms with Crippen LogP contribution in [0, 0.1) is 0 Å². The third-order valence-electron chi connectivity index (χ3n) is 2.70. The summed E-state index contributed by atoms with van der Waals surface area (Å²) in [5, 5.41) is 2.79. The summed E-state index contributed by atoms with van der Waals surface area (Å²) in [6.45, 7) is 2.98. The van der Waals surface area contributed by atoms with E-state index in [0.29, 0.717) is 26.0 Å². The zero-order valence-electron chi connectivity index (χ0n) is 11.7. The number of hydrogen-bond donors (Lipinski definition) is 1. The van der Waals surface area contributed by atoms with Gasteiger partial charge in [-0.15, -0.1) is 0 Å². The lowest BCUT2D eigenvalue weighted by molar-refractivity contribution is -0.140. The van der Waals surface area contributed by atoms with E-state index in [4.69, 9.17) is 4.74 Å². The third kappa shape index (κ3) is 7.11. The minimum absolute atomic E-state index is 0.0325. The number of carbonyl (C=O) groups is 2. The number of unbranched alkanes of at least 4 members (excludes halogenated alkanes) is 1. The number of nitrogens with one attached hydrogen (secondary N) is 1. The van der Waals surface area contributed by atoms with Gasteiger partial charge in [0.2, 0.25) is 0 Å². The summed E-state index contributed by atoms with van der Waals surface area (Å²) in [5.41, 5.74) is 0. The van der Waals surface area contributed by atoms with Crippen molar-refractivity contribution in [3.05, 3.63) is 0 Å². The Bertz CT molecular complexity index is 258. The number of likely N-dealkylation sites (N-methyl/N-ethyl adjacent to an activating group) is 1. The molecule has 0 aliphatic rings. The summed E-state index contributed by atoms with van der Waals surface area (Å²) in [4.78, 5) is 24.1. The van der Waals surface area contributed by atoms with Crippen LogP contribution in [-0.2, 0) is 14.3 Å². The maximum atomic E-state index is 11.7. The van der Waals surface area contributed by atoms with Crippen LogP contribution in [0.4, 0.5) is 4.79 Å². The zero-order valence-corrected chi connectivity index (χ0v) is 11.7. The predicted octanol–water partition coefficient (Wildman–Crippen LogP) is 1.01. The molecule has 106 valence electrons. The van der Waals surface area contributed by atoms with Crippen molar-refractivity contribution in [1.29, 1.82) is 0 Å². The Labute approximate surface area is 109 Å². The standard InChI is InChI=1S/C12H24N2O4/c1-10(9-17-3)14(2)12(16)13-8-6-5-7-11(15)18-4/h10H,5-9H2,1-4H3,(H,13,16). The van der Waals surface area contributed by atoms with Gasteiger partial charge in [0.1, 0.15) is 0 Å². The minimum atomic E-state index is -0.216. The van der Waals surface area contributed by atoms with Crippen LogP contribution < -0.4 is 5.32 Å². The number of hydrogen-bond acceptors (Lipinski definition) is 4. The second kappa shape index (κ2) is 9.70. The van der Waals surface area contributed by atoms with Crippen LogP contribution in [0.15, 0.2) is 0 Å². The lowest BCUT2D eigenvalue weighted by atomic mass is 10.2. The molecule has 1 unspecified atom stereocenters. The van der Waals surface area contributed by atoms with Crippen molar-refractivity contribution < 1.29 is 19.1 Å². The van der Waals surface area contributed by atoms with Crippen LogP contribution in [0.25, 0.3) is 0 Å². The summed E-state index contributed by atoms with van der Waals surface area (Å²) < 4.78 is 9.51. The first kappa shape index (κ1) is 16.7. The number of amides is 2. The molecule has 0 rings (SSSR count). The molecule has 0 aliphatic heterocycles. The lowest BCUT2D eigenvalue weighted by Crippen LogP contribution is -2.44. The number of nitrogens with zero attached hydrogens (tertiary/aromatic N) is 1. The second-order valence-electron chi connectivity index (χ2n) is 4.18. The van der Waals surface area contributed by atoms with Gasteiger partial charge >= 0.3 is 12.0 Å². The number of esters is 1. The minimum Gasteiger partial charge on any atom is -0.469 e. The highest BCUT2D eigenvalue weighted by atomic mass is 16.5. The molecule has 0 radical (unpaired) electrons. The van der Waals surface area contributed by atoms with Gasteiger partial charge in [-0.2, -0.15) is 0 Å². The number of carbonyl (C=O) groups excluding carboxylic acids is 2. The Balaban J connectivity index is 3.67. The first-order valence-electron chi connectivity index (χ1n) is 6.09. The average molecular weight is 260 g/mol. The van der Waals surface area contributed by atoms with Crippen LogP contribution in [0.1, 0.15) is 26.2 Å². The number of rotatable bonds is 8. The molecule has 0 saturated heterocycles. The fraction of sp³-hybridized carbons (Fsp3) is 0.833. The van der Waals surface area contributed by atoms with Crippen molar-refractivity contribution in [2.24, 2.45) is 0 Å². The number of urea groups is 1.